The Hall–Kier alpha value is -1.14. The lowest BCUT2D eigenvalue weighted by Gasteiger charge is -2.34. The maximum Gasteiger partial charge on any atom is 0.244 e. The summed E-state index contributed by atoms with van der Waals surface area (Å²) in [7, 11) is 1.55. The van der Waals surface area contributed by atoms with Gasteiger partial charge in [-0.1, -0.05) is 0 Å². The number of nitrogens with zero attached hydrogens (tertiary/aromatic N) is 1. The summed E-state index contributed by atoms with van der Waals surface area (Å²) in [5.74, 6) is -0.287. The highest BCUT2D eigenvalue weighted by molar-refractivity contribution is 5.88. The van der Waals surface area contributed by atoms with Gasteiger partial charge in [-0.15, -0.1) is 0 Å². The molecule has 0 radical (unpaired) electrons. The maximum atomic E-state index is 11.8. The largest absolute Gasteiger partial charge is 0.377 e. The third kappa shape index (κ3) is 3.18. The van der Waals surface area contributed by atoms with Gasteiger partial charge in [-0.05, 0) is 6.92 Å². The van der Waals surface area contributed by atoms with E-state index in [1.165, 1.54) is 0 Å². The summed E-state index contributed by atoms with van der Waals surface area (Å²) in [6.45, 7) is 2.94. The fourth-order valence-electron chi connectivity index (χ4n) is 1.68. The average Bonchev–Trinajstić information content (AvgIpc) is 2.27. The third-order valence-electron chi connectivity index (χ3n) is 2.49. The van der Waals surface area contributed by atoms with E-state index < -0.39 is 6.04 Å². The van der Waals surface area contributed by atoms with Crippen molar-refractivity contribution in [3.63, 3.8) is 0 Å². The van der Waals surface area contributed by atoms with Gasteiger partial charge in [0.2, 0.25) is 11.8 Å². The summed E-state index contributed by atoms with van der Waals surface area (Å²) in [5, 5.41) is 2.53. The van der Waals surface area contributed by atoms with Crippen LogP contribution in [0.15, 0.2) is 0 Å². The molecule has 92 valence electrons. The van der Waals surface area contributed by atoms with Crippen LogP contribution in [0.4, 0.5) is 0 Å². The molecule has 0 aromatic carbocycles. The molecular weight excluding hydrogens is 210 g/mol. The summed E-state index contributed by atoms with van der Waals surface area (Å²) >= 11 is 0. The van der Waals surface area contributed by atoms with E-state index in [1.807, 2.05) is 0 Å². The van der Waals surface area contributed by atoms with Gasteiger partial charge in [0, 0.05) is 26.1 Å². The first-order chi connectivity index (χ1) is 7.56. The molecule has 2 atom stereocenters. The number of morpholine rings is 1. The molecule has 1 aliphatic heterocycles. The first kappa shape index (κ1) is 12.9. The molecule has 1 rings (SSSR count). The van der Waals surface area contributed by atoms with Crippen molar-refractivity contribution in [3.8, 4) is 0 Å². The molecule has 0 bridgehead atoms. The molecule has 16 heavy (non-hydrogen) atoms. The van der Waals surface area contributed by atoms with Gasteiger partial charge in [0.1, 0.15) is 6.04 Å². The van der Waals surface area contributed by atoms with E-state index in [2.05, 4.69) is 5.32 Å². The van der Waals surface area contributed by atoms with E-state index in [9.17, 15) is 9.59 Å². The molecule has 0 spiro atoms. The fourth-order valence-corrected chi connectivity index (χ4v) is 1.68. The van der Waals surface area contributed by atoms with Gasteiger partial charge in [-0.25, -0.2) is 0 Å². The van der Waals surface area contributed by atoms with E-state index in [1.54, 1.807) is 18.9 Å². The van der Waals surface area contributed by atoms with Crippen molar-refractivity contribution < 1.29 is 14.3 Å². The molecule has 2 unspecified atom stereocenters. The zero-order chi connectivity index (χ0) is 12.1. The Morgan fingerprint density at radius 2 is 2.31 bits per heavy atom. The van der Waals surface area contributed by atoms with Crippen LogP contribution < -0.4 is 11.1 Å². The van der Waals surface area contributed by atoms with Crippen molar-refractivity contribution in [2.24, 2.45) is 5.73 Å². The lowest BCUT2D eigenvalue weighted by Crippen LogP contribution is -2.55. The number of hydrogen-bond donors (Lipinski definition) is 2. The van der Waals surface area contributed by atoms with Crippen LogP contribution in [0.5, 0.6) is 0 Å². The molecule has 3 N–H and O–H groups in total. The second-order valence-electron chi connectivity index (χ2n) is 3.97. The molecule has 0 aliphatic carbocycles. The van der Waals surface area contributed by atoms with Crippen LogP contribution in [-0.2, 0) is 14.3 Å². The van der Waals surface area contributed by atoms with Crippen molar-refractivity contribution in [3.05, 3.63) is 0 Å². The molecule has 0 aromatic rings. The van der Waals surface area contributed by atoms with Gasteiger partial charge in [0.15, 0.2) is 0 Å². The predicted molar refractivity (Wildman–Crippen MR) is 58.7 cm³/mol. The second kappa shape index (κ2) is 5.81. The number of rotatable bonds is 3. The van der Waals surface area contributed by atoms with Gasteiger partial charge >= 0.3 is 0 Å². The molecule has 1 heterocycles. The Balaban J connectivity index is 2.66. The van der Waals surface area contributed by atoms with E-state index in [-0.39, 0.29) is 30.9 Å². The second-order valence-corrected chi connectivity index (χ2v) is 3.97. The lowest BCUT2D eigenvalue weighted by atomic mass is 10.1. The Labute approximate surface area is 95.1 Å². The van der Waals surface area contributed by atoms with E-state index >= 15 is 0 Å². The Morgan fingerprint density at radius 1 is 1.62 bits per heavy atom. The molecular formula is C10H19N3O3. The SMILES string of the molecule is CNC(=O)C1COCCN1C(=O)CC(C)N. The normalized spacial score (nSPS) is 22.7. The lowest BCUT2D eigenvalue weighted by molar-refractivity contribution is -0.148. The van der Waals surface area contributed by atoms with Crippen LogP contribution in [-0.4, -0.2) is 55.6 Å². The van der Waals surface area contributed by atoms with E-state index in [0.717, 1.165) is 0 Å². The van der Waals surface area contributed by atoms with Crippen molar-refractivity contribution in [1.82, 2.24) is 10.2 Å². The molecule has 0 saturated carbocycles. The molecule has 1 saturated heterocycles. The van der Waals surface area contributed by atoms with Gasteiger partial charge < -0.3 is 20.7 Å². The van der Waals surface area contributed by atoms with Crippen LogP contribution >= 0.6 is 0 Å². The van der Waals surface area contributed by atoms with E-state index in [0.29, 0.717) is 13.2 Å². The van der Waals surface area contributed by atoms with Crippen LogP contribution in [0.3, 0.4) is 0 Å². The number of nitrogens with two attached hydrogens (primary N) is 1. The summed E-state index contributed by atoms with van der Waals surface area (Å²) in [6.07, 6.45) is 0.257. The summed E-state index contributed by atoms with van der Waals surface area (Å²) in [6, 6.07) is -0.717. The quantitative estimate of drug-likeness (QED) is 0.630. The number of ether oxygens (including phenoxy) is 1. The van der Waals surface area contributed by atoms with Crippen molar-refractivity contribution in [1.29, 1.82) is 0 Å². The topological polar surface area (TPSA) is 84.7 Å². The minimum atomic E-state index is -0.523. The van der Waals surface area contributed by atoms with Crippen molar-refractivity contribution in [2.75, 3.05) is 26.8 Å². The molecule has 6 heteroatoms. The number of carbonyl (C=O) groups is 2. The van der Waals surface area contributed by atoms with Gasteiger partial charge in [0.05, 0.1) is 13.2 Å². The van der Waals surface area contributed by atoms with Crippen LogP contribution in [0.1, 0.15) is 13.3 Å². The van der Waals surface area contributed by atoms with Crippen molar-refractivity contribution in [2.45, 2.75) is 25.4 Å². The van der Waals surface area contributed by atoms with Crippen LogP contribution in [0, 0.1) is 0 Å². The fraction of sp³-hybridized carbons (Fsp3) is 0.800. The Morgan fingerprint density at radius 3 is 2.88 bits per heavy atom. The van der Waals surface area contributed by atoms with Gasteiger partial charge in [-0.2, -0.15) is 0 Å². The smallest absolute Gasteiger partial charge is 0.244 e. The molecule has 0 aromatic heterocycles. The minimum Gasteiger partial charge on any atom is -0.377 e. The van der Waals surface area contributed by atoms with Crippen LogP contribution in [0.25, 0.3) is 0 Å². The first-order valence-corrected chi connectivity index (χ1v) is 5.40. The van der Waals surface area contributed by atoms with Crippen LogP contribution in [0.2, 0.25) is 0 Å². The summed E-state index contributed by atoms with van der Waals surface area (Å²) in [5.41, 5.74) is 5.57. The summed E-state index contributed by atoms with van der Waals surface area (Å²) in [4.78, 5) is 24.9. The Kier molecular flexibility index (Phi) is 4.70. The summed E-state index contributed by atoms with van der Waals surface area (Å²) < 4.78 is 5.20. The molecule has 2 amide bonds. The number of amides is 2. The molecule has 6 nitrogen and oxygen atoms in total. The molecule has 1 fully saturated rings. The van der Waals surface area contributed by atoms with Gasteiger partial charge in [-0.3, -0.25) is 9.59 Å². The first-order valence-electron chi connectivity index (χ1n) is 5.40. The minimum absolute atomic E-state index is 0.0908. The zero-order valence-corrected chi connectivity index (χ0v) is 9.73. The predicted octanol–water partition coefficient (Wildman–Crippen LogP) is -1.30. The molecule has 1 aliphatic rings. The zero-order valence-electron chi connectivity index (χ0n) is 9.73. The van der Waals surface area contributed by atoms with Gasteiger partial charge in [0.25, 0.3) is 0 Å². The number of likely N-dealkylation sites (N-methyl/N-ethyl adjacent to an activating group) is 1. The highest BCUT2D eigenvalue weighted by Gasteiger charge is 2.32. The van der Waals surface area contributed by atoms with Crippen molar-refractivity contribution >= 4 is 11.8 Å². The standard InChI is InChI=1S/C10H19N3O3/c1-7(11)5-9(14)13-3-4-16-6-8(13)10(15)12-2/h7-8H,3-6,11H2,1-2H3,(H,12,15). The number of hydrogen-bond acceptors (Lipinski definition) is 4. The average molecular weight is 229 g/mol. The number of nitrogens with one attached hydrogen (secondary N) is 1. The highest BCUT2D eigenvalue weighted by atomic mass is 16.5. The van der Waals surface area contributed by atoms with E-state index in [4.69, 9.17) is 10.5 Å². The number of carbonyl (C=O) groups excluding carboxylic acids is 2. The monoisotopic (exact) mass is 229 g/mol. The maximum absolute atomic E-state index is 11.8. The Bertz CT molecular complexity index is 268. The highest BCUT2D eigenvalue weighted by Crippen LogP contribution is 2.09. The third-order valence-corrected chi connectivity index (χ3v) is 2.49.